The van der Waals surface area contributed by atoms with Crippen LogP contribution in [0.15, 0.2) is 0 Å². The van der Waals surface area contributed by atoms with Crippen molar-refractivity contribution in [2.75, 3.05) is 39.6 Å². The molecule has 552 valence electrons. The second kappa shape index (κ2) is 67.3. The van der Waals surface area contributed by atoms with Gasteiger partial charge in [-0.15, -0.1) is 0 Å². The van der Waals surface area contributed by atoms with E-state index in [0.29, 0.717) is 25.7 Å². The molecule has 0 saturated heterocycles. The van der Waals surface area contributed by atoms with Crippen LogP contribution in [0.1, 0.15) is 388 Å². The molecule has 0 aliphatic carbocycles. The van der Waals surface area contributed by atoms with Crippen molar-refractivity contribution in [3.8, 4) is 0 Å². The van der Waals surface area contributed by atoms with Gasteiger partial charge in [0.1, 0.15) is 19.3 Å². The van der Waals surface area contributed by atoms with Gasteiger partial charge in [-0.25, -0.2) is 9.13 Å². The summed E-state index contributed by atoms with van der Waals surface area (Å²) >= 11 is 0. The largest absolute Gasteiger partial charge is 0.472 e. The Morgan fingerprint density at radius 1 is 0.290 bits per heavy atom. The molecule has 93 heavy (non-hydrogen) atoms. The van der Waals surface area contributed by atoms with E-state index in [4.69, 9.17) is 37.0 Å². The Morgan fingerprint density at radius 2 is 0.495 bits per heavy atom. The lowest BCUT2D eigenvalue weighted by atomic mass is 10.0. The summed E-state index contributed by atoms with van der Waals surface area (Å²) in [5, 5.41) is 10.6. The molecule has 2 unspecified atom stereocenters. The number of hydrogen-bond acceptors (Lipinski definition) is 15. The van der Waals surface area contributed by atoms with Gasteiger partial charge in [0.25, 0.3) is 0 Å². The van der Waals surface area contributed by atoms with Crippen LogP contribution in [0.5, 0.6) is 0 Å². The summed E-state index contributed by atoms with van der Waals surface area (Å²) in [7, 11) is -9.91. The highest BCUT2D eigenvalue weighted by Crippen LogP contribution is 2.45. The van der Waals surface area contributed by atoms with E-state index in [0.717, 1.165) is 95.8 Å². The number of phosphoric acid groups is 2. The minimum absolute atomic E-state index is 0.108. The molecule has 0 spiro atoms. The van der Waals surface area contributed by atoms with Gasteiger partial charge in [0.05, 0.1) is 26.4 Å². The molecule has 0 aliphatic rings. The minimum atomic E-state index is -4.95. The monoisotopic (exact) mass is 1370 g/mol. The molecule has 0 amide bonds. The van der Waals surface area contributed by atoms with Gasteiger partial charge in [0.15, 0.2) is 12.2 Å². The van der Waals surface area contributed by atoms with Crippen LogP contribution >= 0.6 is 15.6 Å². The quantitative estimate of drug-likeness (QED) is 0.0222. The molecule has 0 aliphatic heterocycles. The zero-order chi connectivity index (χ0) is 68.4. The van der Waals surface area contributed by atoms with E-state index in [1.54, 1.807) is 0 Å². The Balaban J connectivity index is 5.25. The Morgan fingerprint density at radius 3 is 0.731 bits per heavy atom. The number of unbranched alkanes of at least 4 members (excludes halogenated alkanes) is 46. The smallest absolute Gasteiger partial charge is 0.462 e. The number of aliphatic hydroxyl groups is 1. The topological polar surface area (TPSA) is 237 Å². The fourth-order valence-electron chi connectivity index (χ4n) is 11.4. The summed E-state index contributed by atoms with van der Waals surface area (Å²) in [6, 6.07) is 0. The third-order valence-electron chi connectivity index (χ3n) is 17.3. The lowest BCUT2D eigenvalue weighted by Gasteiger charge is -2.21. The molecule has 0 aromatic heterocycles. The molecule has 0 radical (unpaired) electrons. The normalized spacial score (nSPS) is 14.0. The van der Waals surface area contributed by atoms with Gasteiger partial charge < -0.3 is 33.8 Å². The van der Waals surface area contributed by atoms with E-state index in [2.05, 4.69) is 34.6 Å². The summed E-state index contributed by atoms with van der Waals surface area (Å²) in [6.45, 7) is 7.29. The zero-order valence-corrected chi connectivity index (χ0v) is 62.2. The Bertz CT molecular complexity index is 1790. The van der Waals surface area contributed by atoms with E-state index >= 15 is 0 Å². The number of ether oxygens (including phenoxy) is 4. The summed E-state index contributed by atoms with van der Waals surface area (Å²) < 4.78 is 68.5. The maximum atomic E-state index is 13.1. The van der Waals surface area contributed by atoms with E-state index < -0.39 is 97.5 Å². The Hall–Kier alpha value is -1.94. The van der Waals surface area contributed by atoms with Crippen molar-refractivity contribution in [2.45, 2.75) is 406 Å². The van der Waals surface area contributed by atoms with Crippen LogP contribution in [0.2, 0.25) is 0 Å². The van der Waals surface area contributed by atoms with E-state index in [1.165, 1.54) is 212 Å². The van der Waals surface area contributed by atoms with Crippen LogP contribution in [0.25, 0.3) is 0 Å². The second-order valence-corrected chi connectivity index (χ2v) is 30.1. The molecule has 0 rings (SSSR count). The van der Waals surface area contributed by atoms with E-state index in [9.17, 15) is 43.2 Å². The first kappa shape index (κ1) is 91.1. The first-order valence-electron chi connectivity index (χ1n) is 38.6. The number of carbonyl (C=O) groups is 4. The maximum Gasteiger partial charge on any atom is 0.472 e. The molecule has 0 saturated carbocycles. The molecule has 0 aromatic rings. The van der Waals surface area contributed by atoms with Crippen molar-refractivity contribution in [3.05, 3.63) is 0 Å². The molecule has 0 fully saturated rings. The number of esters is 4. The minimum Gasteiger partial charge on any atom is -0.462 e. The highest BCUT2D eigenvalue weighted by molar-refractivity contribution is 7.47. The average Bonchev–Trinajstić information content (AvgIpc) is 2.82. The highest BCUT2D eigenvalue weighted by atomic mass is 31.2. The number of hydrogen-bond donors (Lipinski definition) is 3. The van der Waals surface area contributed by atoms with Crippen LogP contribution in [-0.2, 0) is 65.4 Å². The number of carbonyl (C=O) groups excluding carboxylic acids is 4. The Labute approximate surface area is 568 Å². The third-order valence-corrected chi connectivity index (χ3v) is 19.2. The molecular weight excluding hydrogens is 1220 g/mol. The van der Waals surface area contributed by atoms with Crippen LogP contribution in [0, 0.1) is 5.92 Å². The summed E-state index contributed by atoms with van der Waals surface area (Å²) in [4.78, 5) is 72.7. The predicted molar refractivity (Wildman–Crippen MR) is 377 cm³/mol. The van der Waals surface area contributed by atoms with Gasteiger partial charge in [0, 0.05) is 25.7 Å². The lowest BCUT2D eigenvalue weighted by Crippen LogP contribution is -2.30. The fraction of sp³-hybridized carbons (Fsp3) is 0.946. The van der Waals surface area contributed by atoms with Gasteiger partial charge in [-0.2, -0.15) is 0 Å². The third kappa shape index (κ3) is 68.4. The molecule has 0 heterocycles. The second-order valence-electron chi connectivity index (χ2n) is 27.2. The van der Waals surface area contributed by atoms with Gasteiger partial charge in [-0.3, -0.25) is 37.3 Å². The summed E-state index contributed by atoms with van der Waals surface area (Å²) in [6.07, 6.45) is 55.3. The van der Waals surface area contributed by atoms with Crippen LogP contribution in [0.3, 0.4) is 0 Å². The molecule has 19 heteroatoms. The van der Waals surface area contributed by atoms with Crippen molar-refractivity contribution in [2.24, 2.45) is 5.92 Å². The molecular formula is C74H144O17P2. The van der Waals surface area contributed by atoms with Gasteiger partial charge in [0.2, 0.25) is 0 Å². The summed E-state index contributed by atoms with van der Waals surface area (Å²) in [5.74, 6) is -1.34. The fourth-order valence-corrected chi connectivity index (χ4v) is 12.9. The summed E-state index contributed by atoms with van der Waals surface area (Å²) in [5.41, 5.74) is 0. The van der Waals surface area contributed by atoms with E-state index in [-0.39, 0.29) is 25.7 Å². The highest BCUT2D eigenvalue weighted by Gasteiger charge is 2.30. The van der Waals surface area contributed by atoms with Crippen LogP contribution in [0.4, 0.5) is 0 Å². The first-order valence-corrected chi connectivity index (χ1v) is 41.6. The number of aliphatic hydroxyl groups excluding tert-OH is 1. The lowest BCUT2D eigenvalue weighted by molar-refractivity contribution is -0.161. The van der Waals surface area contributed by atoms with Crippen molar-refractivity contribution in [1.82, 2.24) is 0 Å². The number of phosphoric ester groups is 2. The first-order chi connectivity index (χ1) is 45.0. The van der Waals surface area contributed by atoms with Gasteiger partial charge >= 0.3 is 39.5 Å². The van der Waals surface area contributed by atoms with Gasteiger partial charge in [-0.05, 0) is 31.6 Å². The van der Waals surface area contributed by atoms with Crippen LogP contribution < -0.4 is 0 Å². The van der Waals surface area contributed by atoms with Crippen molar-refractivity contribution in [1.29, 1.82) is 0 Å². The molecule has 0 aromatic carbocycles. The maximum absolute atomic E-state index is 13.1. The Kier molecular flexibility index (Phi) is 65.9. The van der Waals surface area contributed by atoms with Gasteiger partial charge in [-0.1, -0.05) is 336 Å². The molecule has 0 bridgehead atoms. The molecule has 5 atom stereocenters. The average molecular weight is 1370 g/mol. The van der Waals surface area contributed by atoms with Crippen molar-refractivity contribution >= 4 is 39.5 Å². The predicted octanol–water partition coefficient (Wildman–Crippen LogP) is 21.7. The standard InChI is InChI=1S/C74H144O17P2/c1-6-9-12-15-18-21-24-26-28-33-38-43-48-53-58-72(77)85-64-70(91-74(79)60-55-50-45-40-35-31-30-32-36-41-46-51-56-67(4)5)66-89-93(82,83)87-62-68(75)61-86-92(80,81)88-65-69(63-84-71(76)57-52-47-42-37-23-20-17-14-11-8-3)90-73(78)59-54-49-44-39-34-29-27-25-22-19-16-13-10-7-2/h67-70,75H,6-66H2,1-5H3,(H,80,81)(H,82,83)/t68-,69+,70+/m0/s1. The van der Waals surface area contributed by atoms with Crippen molar-refractivity contribution < 1.29 is 80.2 Å². The molecule has 17 nitrogen and oxygen atoms in total. The SMILES string of the molecule is CCCCCCCCCCCCCCCCC(=O)OC[C@H](COP(=O)(O)OC[C@@H](O)COP(=O)(O)OC[C@@H](COC(=O)CCCCCCCCCCCC)OC(=O)CCCCCCCCCCCCCCCC)OC(=O)CCCCCCCCCCCCCCC(C)C. The zero-order valence-electron chi connectivity index (χ0n) is 60.4. The van der Waals surface area contributed by atoms with Crippen LogP contribution in [-0.4, -0.2) is 96.7 Å². The number of rotatable bonds is 74. The molecule has 3 N–H and O–H groups in total. The van der Waals surface area contributed by atoms with E-state index in [1.807, 2.05) is 0 Å². The van der Waals surface area contributed by atoms with Crippen molar-refractivity contribution in [3.63, 3.8) is 0 Å².